The number of fused-ring (bicyclic) bond motifs is 5. The highest BCUT2D eigenvalue weighted by molar-refractivity contribution is 5.92. The van der Waals surface area contributed by atoms with Gasteiger partial charge in [-0.3, -0.25) is 14.4 Å². The molecule has 34 heavy (non-hydrogen) atoms. The lowest BCUT2D eigenvalue weighted by Gasteiger charge is -2.65. The summed E-state index contributed by atoms with van der Waals surface area (Å²) < 4.78 is 23.4. The van der Waals surface area contributed by atoms with Gasteiger partial charge in [0.2, 0.25) is 5.78 Å². The van der Waals surface area contributed by atoms with Gasteiger partial charge in [0.15, 0.2) is 5.60 Å². The van der Waals surface area contributed by atoms with Gasteiger partial charge < -0.3 is 14.9 Å². The normalized spacial score (nSPS) is 48.0. The molecule has 0 aromatic rings. The van der Waals surface area contributed by atoms with Crippen molar-refractivity contribution in [1.82, 2.24) is 0 Å². The second-order valence-electron chi connectivity index (χ2n) is 12.1. The summed E-state index contributed by atoms with van der Waals surface area (Å²) in [6.07, 6.45) is 3.11. The molecule has 6 nitrogen and oxygen atoms in total. The van der Waals surface area contributed by atoms with Gasteiger partial charge in [-0.15, -0.1) is 0 Å². The Balaban J connectivity index is 1.77. The Morgan fingerprint density at radius 2 is 1.88 bits per heavy atom. The lowest BCUT2D eigenvalue weighted by Crippen LogP contribution is -2.71. The van der Waals surface area contributed by atoms with Gasteiger partial charge in [0, 0.05) is 36.0 Å². The van der Waals surface area contributed by atoms with Crippen LogP contribution in [0.2, 0.25) is 0 Å². The molecule has 4 rings (SSSR count). The number of carbonyl (C=O) groups is 3. The molecule has 4 aliphatic carbocycles. The molecule has 0 aromatic carbocycles. The van der Waals surface area contributed by atoms with Gasteiger partial charge in [-0.05, 0) is 56.3 Å². The number of halogens is 1. The standard InChI is InChI=1S/C27H41FO6/c1-5-6-7-23(33)34-27(22(32)15-29)16(2)12-20-19-9-8-17-13-18(30)10-11-24(17,3)26(19,28)21(31)14-25(20,27)4/h16-17,19-21,29,31H,5-15H2,1-4H3/t16?,17?,19-,20-,21?,24-,25-,26-,27-/m0/s1. The molecular formula is C27H41FO6. The first kappa shape index (κ1) is 25.7. The van der Waals surface area contributed by atoms with Crippen LogP contribution >= 0.6 is 0 Å². The van der Waals surface area contributed by atoms with E-state index in [0.29, 0.717) is 44.9 Å². The molecule has 192 valence electrons. The zero-order chi connectivity index (χ0) is 25.1. The fourth-order valence-electron chi connectivity index (χ4n) is 8.91. The third-order valence-electron chi connectivity index (χ3n) is 10.7. The highest BCUT2D eigenvalue weighted by Gasteiger charge is 2.77. The first-order valence-electron chi connectivity index (χ1n) is 13.2. The largest absolute Gasteiger partial charge is 0.450 e. The summed E-state index contributed by atoms with van der Waals surface area (Å²) >= 11 is 0. The lowest BCUT2D eigenvalue weighted by molar-refractivity contribution is -0.257. The summed E-state index contributed by atoms with van der Waals surface area (Å²) in [6.45, 7) is 6.80. The molecule has 0 amide bonds. The Morgan fingerprint density at radius 3 is 2.53 bits per heavy atom. The number of esters is 1. The van der Waals surface area contributed by atoms with E-state index in [1.54, 1.807) is 0 Å². The highest BCUT2D eigenvalue weighted by Crippen LogP contribution is 2.72. The van der Waals surface area contributed by atoms with E-state index >= 15 is 4.39 Å². The van der Waals surface area contributed by atoms with E-state index < -0.39 is 58.4 Å². The number of hydrogen-bond donors (Lipinski definition) is 2. The van der Waals surface area contributed by atoms with E-state index in [-0.39, 0.29) is 30.5 Å². The Bertz CT molecular complexity index is 860. The van der Waals surface area contributed by atoms with Gasteiger partial charge in [0.25, 0.3) is 0 Å². The quantitative estimate of drug-likeness (QED) is 0.559. The van der Waals surface area contributed by atoms with Crippen molar-refractivity contribution in [1.29, 1.82) is 0 Å². The molecule has 0 bridgehead atoms. The number of alkyl halides is 1. The minimum absolute atomic E-state index is 0.0158. The topological polar surface area (TPSA) is 101 Å². The second kappa shape index (κ2) is 8.65. The number of aliphatic hydroxyl groups is 2. The Kier molecular flexibility index (Phi) is 6.55. The maximum atomic E-state index is 17.4. The first-order valence-corrected chi connectivity index (χ1v) is 13.2. The van der Waals surface area contributed by atoms with Crippen LogP contribution in [0.25, 0.3) is 0 Å². The minimum Gasteiger partial charge on any atom is -0.450 e. The van der Waals surface area contributed by atoms with E-state index in [4.69, 9.17) is 4.74 Å². The molecule has 4 saturated carbocycles. The Hall–Kier alpha value is -1.34. The third kappa shape index (κ3) is 3.21. The van der Waals surface area contributed by atoms with E-state index in [1.807, 2.05) is 27.7 Å². The molecule has 0 saturated heterocycles. The number of unbranched alkanes of at least 4 members (excludes halogenated alkanes) is 1. The van der Waals surface area contributed by atoms with Crippen LogP contribution in [0.1, 0.15) is 91.9 Å². The van der Waals surface area contributed by atoms with Crippen molar-refractivity contribution in [3.05, 3.63) is 0 Å². The van der Waals surface area contributed by atoms with Crippen molar-refractivity contribution in [2.45, 2.75) is 109 Å². The molecular weight excluding hydrogens is 439 g/mol. The second-order valence-corrected chi connectivity index (χ2v) is 12.1. The number of Topliss-reactive ketones (excluding diaryl/α,β-unsaturated/α-hetero) is 2. The Morgan fingerprint density at radius 1 is 1.18 bits per heavy atom. The van der Waals surface area contributed by atoms with Crippen LogP contribution in [0, 0.1) is 34.5 Å². The van der Waals surface area contributed by atoms with Gasteiger partial charge in [0.1, 0.15) is 18.1 Å². The maximum Gasteiger partial charge on any atom is 0.306 e. The van der Waals surface area contributed by atoms with E-state index in [0.717, 1.165) is 6.42 Å². The monoisotopic (exact) mass is 480 g/mol. The van der Waals surface area contributed by atoms with Crippen LogP contribution in [0.3, 0.4) is 0 Å². The van der Waals surface area contributed by atoms with Crippen LogP contribution < -0.4 is 0 Å². The van der Waals surface area contributed by atoms with Crippen LogP contribution in [0.5, 0.6) is 0 Å². The smallest absolute Gasteiger partial charge is 0.306 e. The molecule has 7 heteroatoms. The summed E-state index contributed by atoms with van der Waals surface area (Å²) in [5.74, 6) is -2.14. The van der Waals surface area contributed by atoms with Crippen LogP contribution in [0.4, 0.5) is 4.39 Å². The molecule has 2 N–H and O–H groups in total. The van der Waals surface area contributed by atoms with Crippen molar-refractivity contribution in [2.75, 3.05) is 6.61 Å². The van der Waals surface area contributed by atoms with Gasteiger partial charge >= 0.3 is 5.97 Å². The molecule has 0 heterocycles. The summed E-state index contributed by atoms with van der Waals surface area (Å²) in [4.78, 5) is 38.3. The number of ether oxygens (including phenoxy) is 1. The Labute approximate surface area is 202 Å². The minimum atomic E-state index is -1.87. The average Bonchev–Trinajstić information content (AvgIpc) is 3.00. The average molecular weight is 481 g/mol. The highest BCUT2D eigenvalue weighted by atomic mass is 19.1. The van der Waals surface area contributed by atoms with E-state index in [2.05, 4.69) is 0 Å². The lowest BCUT2D eigenvalue weighted by atomic mass is 9.42. The number of hydrogen-bond acceptors (Lipinski definition) is 6. The first-order chi connectivity index (χ1) is 15.9. The third-order valence-corrected chi connectivity index (χ3v) is 10.7. The molecule has 0 aromatic heterocycles. The molecule has 0 spiro atoms. The maximum absolute atomic E-state index is 17.4. The summed E-state index contributed by atoms with van der Waals surface area (Å²) in [5.41, 5.74) is -5.25. The molecule has 4 aliphatic rings. The van der Waals surface area contributed by atoms with Crippen LogP contribution in [0.15, 0.2) is 0 Å². The molecule has 0 aliphatic heterocycles. The summed E-state index contributed by atoms with van der Waals surface area (Å²) in [6, 6.07) is 0. The number of carbonyl (C=O) groups excluding carboxylic acids is 3. The van der Waals surface area contributed by atoms with E-state index in [9.17, 15) is 24.6 Å². The van der Waals surface area contributed by atoms with Gasteiger partial charge in [-0.1, -0.05) is 34.1 Å². The summed E-state index contributed by atoms with van der Waals surface area (Å²) in [7, 11) is 0. The number of ketones is 2. The zero-order valence-electron chi connectivity index (χ0n) is 21.1. The molecule has 9 atom stereocenters. The SMILES string of the molecule is CCCCC(=O)O[C@]1(C(=O)CO)C(C)C[C@H]2[C@@H]3CCC4CC(=O)CC[C@]4(C)[C@@]3(F)C(O)C[C@@]21C. The van der Waals surface area contributed by atoms with Gasteiger partial charge in [-0.2, -0.15) is 0 Å². The van der Waals surface area contributed by atoms with E-state index in [1.165, 1.54) is 0 Å². The molecule has 4 fully saturated rings. The number of aliphatic hydroxyl groups excluding tert-OH is 2. The van der Waals surface area contributed by atoms with Crippen molar-refractivity contribution in [3.63, 3.8) is 0 Å². The van der Waals surface area contributed by atoms with Crippen molar-refractivity contribution in [2.24, 2.45) is 34.5 Å². The predicted octanol–water partition coefficient (Wildman–Crippen LogP) is 3.94. The van der Waals surface area contributed by atoms with Crippen molar-refractivity contribution < 1.29 is 33.7 Å². The number of rotatable bonds is 6. The van der Waals surface area contributed by atoms with Gasteiger partial charge in [0.05, 0.1) is 6.10 Å². The fourth-order valence-corrected chi connectivity index (χ4v) is 8.91. The van der Waals surface area contributed by atoms with Crippen molar-refractivity contribution >= 4 is 17.5 Å². The van der Waals surface area contributed by atoms with Crippen LogP contribution in [-0.4, -0.2) is 51.7 Å². The zero-order valence-corrected chi connectivity index (χ0v) is 21.1. The predicted molar refractivity (Wildman–Crippen MR) is 123 cm³/mol. The summed E-state index contributed by atoms with van der Waals surface area (Å²) in [5, 5.41) is 21.5. The fraction of sp³-hybridized carbons (Fsp3) is 0.889. The molecule has 3 unspecified atom stereocenters. The van der Waals surface area contributed by atoms with Crippen molar-refractivity contribution in [3.8, 4) is 0 Å². The molecule has 0 radical (unpaired) electrons. The van der Waals surface area contributed by atoms with Gasteiger partial charge in [-0.25, -0.2) is 4.39 Å². The van der Waals surface area contributed by atoms with Crippen LogP contribution in [-0.2, 0) is 19.1 Å².